The summed E-state index contributed by atoms with van der Waals surface area (Å²) >= 11 is 0. The van der Waals surface area contributed by atoms with Crippen molar-refractivity contribution in [1.29, 1.82) is 0 Å². The smallest absolute Gasteiger partial charge is 0.123 e. The zero-order valence-corrected chi connectivity index (χ0v) is 8.84. The third-order valence-corrected chi connectivity index (χ3v) is 2.32. The van der Waals surface area contributed by atoms with E-state index < -0.39 is 0 Å². The van der Waals surface area contributed by atoms with Gasteiger partial charge in [-0.1, -0.05) is 26.8 Å². The van der Waals surface area contributed by atoms with Crippen molar-refractivity contribution in [1.82, 2.24) is 0 Å². The minimum Gasteiger partial charge on any atom is -0.395 e. The lowest BCUT2D eigenvalue weighted by Crippen LogP contribution is -2.02. The first kappa shape index (κ1) is 11.2. The summed E-state index contributed by atoms with van der Waals surface area (Å²) in [6.07, 6.45) is 0. The van der Waals surface area contributed by atoms with E-state index in [-0.39, 0.29) is 12.4 Å². The first-order valence-electron chi connectivity index (χ1n) is 4.78. The first-order valence-corrected chi connectivity index (χ1v) is 4.78. The highest BCUT2D eigenvalue weighted by Gasteiger charge is 2.09. The summed E-state index contributed by atoms with van der Waals surface area (Å²) in [5.41, 5.74) is 1.75. The quantitative estimate of drug-likeness (QED) is 0.786. The van der Waals surface area contributed by atoms with Crippen LogP contribution in [0.15, 0.2) is 18.2 Å². The summed E-state index contributed by atoms with van der Waals surface area (Å²) in [4.78, 5) is 0. The zero-order valence-electron chi connectivity index (χ0n) is 8.84. The molecule has 0 aliphatic carbocycles. The summed E-state index contributed by atoms with van der Waals surface area (Å²) in [6.45, 7) is 5.82. The van der Waals surface area contributed by atoms with Crippen LogP contribution in [0.5, 0.6) is 0 Å². The number of hydrogen-bond acceptors (Lipinski definition) is 1. The number of benzene rings is 1. The van der Waals surface area contributed by atoms with Gasteiger partial charge in [-0.05, 0) is 29.2 Å². The molecule has 0 atom stereocenters. The van der Waals surface area contributed by atoms with Crippen LogP contribution < -0.4 is 0 Å². The van der Waals surface area contributed by atoms with E-state index in [0.717, 1.165) is 17.0 Å². The maximum atomic E-state index is 13.2. The van der Waals surface area contributed by atoms with E-state index in [0.29, 0.717) is 5.92 Å². The van der Waals surface area contributed by atoms with E-state index in [2.05, 4.69) is 0 Å². The second-order valence-corrected chi connectivity index (χ2v) is 3.87. The van der Waals surface area contributed by atoms with Gasteiger partial charge < -0.3 is 5.11 Å². The van der Waals surface area contributed by atoms with Gasteiger partial charge in [0, 0.05) is 5.92 Å². The molecule has 0 unspecified atom stereocenters. The van der Waals surface area contributed by atoms with E-state index in [1.54, 1.807) is 13.0 Å². The van der Waals surface area contributed by atoms with Crippen molar-refractivity contribution >= 4 is 0 Å². The Kier molecular flexibility index (Phi) is 3.64. The Labute approximate surface area is 84.6 Å². The van der Waals surface area contributed by atoms with Crippen LogP contribution >= 0.6 is 0 Å². The minimum atomic E-state index is -0.237. The number of halogens is 1. The molecule has 0 saturated carbocycles. The molecule has 1 radical (unpaired) electrons. The van der Waals surface area contributed by atoms with Crippen molar-refractivity contribution < 1.29 is 9.50 Å². The van der Waals surface area contributed by atoms with Gasteiger partial charge in [-0.2, -0.15) is 0 Å². The maximum Gasteiger partial charge on any atom is 0.123 e. The fourth-order valence-electron chi connectivity index (χ4n) is 1.28. The van der Waals surface area contributed by atoms with Gasteiger partial charge in [-0.25, -0.2) is 4.39 Å². The van der Waals surface area contributed by atoms with Crippen LogP contribution in [-0.2, 0) is 0 Å². The molecule has 1 aromatic carbocycles. The van der Waals surface area contributed by atoms with Crippen LogP contribution in [0.4, 0.5) is 4.39 Å². The lowest BCUT2D eigenvalue weighted by atomic mass is 9.95. The third kappa shape index (κ3) is 2.55. The van der Waals surface area contributed by atoms with Crippen LogP contribution in [-0.4, -0.2) is 11.7 Å². The van der Waals surface area contributed by atoms with Crippen molar-refractivity contribution in [2.75, 3.05) is 6.61 Å². The molecular weight excluding hydrogens is 179 g/mol. The van der Waals surface area contributed by atoms with E-state index in [1.165, 1.54) is 6.07 Å². The monoisotopic (exact) mass is 195 g/mol. The number of rotatable bonds is 3. The van der Waals surface area contributed by atoms with Crippen LogP contribution in [0.25, 0.3) is 0 Å². The van der Waals surface area contributed by atoms with Gasteiger partial charge >= 0.3 is 0 Å². The van der Waals surface area contributed by atoms with Crippen molar-refractivity contribution in [2.24, 2.45) is 0 Å². The number of aliphatic hydroxyl groups is 1. The molecule has 14 heavy (non-hydrogen) atoms. The summed E-state index contributed by atoms with van der Waals surface area (Å²) in [5.74, 6) is 0.862. The maximum absolute atomic E-state index is 13.2. The predicted octanol–water partition coefficient (Wildman–Crippen LogP) is 2.88. The van der Waals surface area contributed by atoms with E-state index >= 15 is 0 Å². The Morgan fingerprint density at radius 3 is 2.50 bits per heavy atom. The molecule has 0 amide bonds. The summed E-state index contributed by atoms with van der Waals surface area (Å²) in [5, 5.41) is 8.95. The lowest BCUT2D eigenvalue weighted by Gasteiger charge is -2.12. The molecule has 0 heterocycles. The summed E-state index contributed by atoms with van der Waals surface area (Å²) in [6, 6.07) is 4.93. The van der Waals surface area contributed by atoms with Crippen molar-refractivity contribution in [3.05, 3.63) is 41.1 Å². The Hall–Kier alpha value is -0.890. The average Bonchev–Trinajstić information content (AvgIpc) is 2.15. The van der Waals surface area contributed by atoms with E-state index in [1.807, 2.05) is 19.9 Å². The fraction of sp³-hybridized carbons (Fsp3) is 0.417. The lowest BCUT2D eigenvalue weighted by molar-refractivity contribution is 0.315. The van der Waals surface area contributed by atoms with Gasteiger partial charge in [-0.3, -0.25) is 0 Å². The second kappa shape index (κ2) is 4.56. The van der Waals surface area contributed by atoms with Crippen LogP contribution in [0.2, 0.25) is 0 Å². The fourth-order valence-corrected chi connectivity index (χ4v) is 1.28. The van der Waals surface area contributed by atoms with E-state index in [4.69, 9.17) is 5.11 Å². The average molecular weight is 195 g/mol. The molecular formula is C12H16FO. The summed E-state index contributed by atoms with van der Waals surface area (Å²) in [7, 11) is 0. The van der Waals surface area contributed by atoms with Gasteiger partial charge in [0.1, 0.15) is 5.82 Å². The molecule has 1 N–H and O–H groups in total. The van der Waals surface area contributed by atoms with Gasteiger partial charge in [0.15, 0.2) is 0 Å². The Morgan fingerprint density at radius 1 is 1.36 bits per heavy atom. The highest BCUT2D eigenvalue weighted by Crippen LogP contribution is 2.22. The standard InChI is InChI=1S/C12H16FO/c1-8(2)10-4-11(9(3)7-14)6-12(13)5-10/h4-6,8,14H,7H2,1-3H3. The molecule has 1 rings (SSSR count). The predicted molar refractivity (Wildman–Crippen MR) is 55.6 cm³/mol. The highest BCUT2D eigenvalue weighted by molar-refractivity contribution is 5.35. The van der Waals surface area contributed by atoms with E-state index in [9.17, 15) is 4.39 Å². The topological polar surface area (TPSA) is 20.2 Å². The molecule has 77 valence electrons. The molecule has 0 aliphatic rings. The second-order valence-electron chi connectivity index (χ2n) is 3.87. The van der Waals surface area contributed by atoms with Gasteiger partial charge in [-0.15, -0.1) is 0 Å². The molecule has 1 aromatic rings. The van der Waals surface area contributed by atoms with Crippen LogP contribution in [0.1, 0.15) is 37.8 Å². The summed E-state index contributed by atoms with van der Waals surface area (Å²) < 4.78 is 13.2. The molecule has 0 fully saturated rings. The van der Waals surface area contributed by atoms with Gasteiger partial charge in [0.25, 0.3) is 0 Å². The molecule has 0 aromatic heterocycles. The van der Waals surface area contributed by atoms with Crippen molar-refractivity contribution in [2.45, 2.75) is 26.7 Å². The van der Waals surface area contributed by atoms with Gasteiger partial charge in [0.2, 0.25) is 0 Å². The highest BCUT2D eigenvalue weighted by atomic mass is 19.1. The van der Waals surface area contributed by atoms with Crippen molar-refractivity contribution in [3.63, 3.8) is 0 Å². The minimum absolute atomic E-state index is 0.0268. The molecule has 1 nitrogen and oxygen atoms in total. The molecule has 0 saturated heterocycles. The molecule has 0 aliphatic heterocycles. The van der Waals surface area contributed by atoms with Crippen LogP contribution in [0, 0.1) is 11.7 Å². The normalized spacial score (nSPS) is 11.4. The Bertz CT molecular complexity index is 307. The number of hydrogen-bond donors (Lipinski definition) is 1. The first-order chi connectivity index (χ1) is 6.54. The SMILES string of the molecule is C[C](CO)c1cc(F)cc(C(C)C)c1. The van der Waals surface area contributed by atoms with Crippen molar-refractivity contribution in [3.8, 4) is 0 Å². The number of aliphatic hydroxyl groups excluding tert-OH is 1. The van der Waals surface area contributed by atoms with Crippen LogP contribution in [0.3, 0.4) is 0 Å². The molecule has 2 heteroatoms. The van der Waals surface area contributed by atoms with Gasteiger partial charge in [0.05, 0.1) is 6.61 Å². The molecule has 0 bridgehead atoms. The third-order valence-electron chi connectivity index (χ3n) is 2.32. The molecule has 0 spiro atoms. The Morgan fingerprint density at radius 2 is 2.00 bits per heavy atom. The Balaban J connectivity index is 3.07. The zero-order chi connectivity index (χ0) is 10.7. The largest absolute Gasteiger partial charge is 0.395 e.